The molecule has 0 amide bonds. The zero-order valence-corrected chi connectivity index (χ0v) is 11.7. The van der Waals surface area contributed by atoms with Crippen molar-refractivity contribution in [3.05, 3.63) is 35.7 Å². The van der Waals surface area contributed by atoms with E-state index in [4.69, 9.17) is 10.3 Å². The van der Waals surface area contributed by atoms with Gasteiger partial charge in [-0.15, -0.1) is 0 Å². The Morgan fingerprint density at radius 3 is 2.67 bits per heavy atom. The second kappa shape index (κ2) is 5.85. The second-order valence-electron chi connectivity index (χ2n) is 4.90. The maximum absolute atomic E-state index is 12.7. The van der Waals surface area contributed by atoms with Crippen molar-refractivity contribution in [3.8, 4) is 11.4 Å². The Morgan fingerprint density at radius 1 is 1.33 bits per heavy atom. The Balaban J connectivity index is 2.30. The molecule has 1 heterocycles. The lowest BCUT2D eigenvalue weighted by molar-refractivity contribution is -0.137. The Bertz CT molecular complexity index is 610. The van der Waals surface area contributed by atoms with Gasteiger partial charge >= 0.3 is 6.18 Å². The lowest BCUT2D eigenvalue weighted by Gasteiger charge is -2.13. The zero-order chi connectivity index (χ0) is 15.6. The van der Waals surface area contributed by atoms with E-state index in [1.165, 1.54) is 12.1 Å². The van der Waals surface area contributed by atoms with Crippen molar-refractivity contribution in [2.45, 2.75) is 38.4 Å². The highest BCUT2D eigenvalue weighted by atomic mass is 19.4. The van der Waals surface area contributed by atoms with Crippen LogP contribution in [0.4, 0.5) is 13.2 Å². The van der Waals surface area contributed by atoms with Crippen molar-refractivity contribution in [3.63, 3.8) is 0 Å². The molecule has 0 saturated carbocycles. The van der Waals surface area contributed by atoms with Crippen LogP contribution in [0.1, 0.15) is 37.6 Å². The minimum absolute atomic E-state index is 0.131. The molecular weight excluding hydrogens is 283 g/mol. The van der Waals surface area contributed by atoms with Gasteiger partial charge < -0.3 is 10.3 Å². The third-order valence-electron chi connectivity index (χ3n) is 3.39. The zero-order valence-electron chi connectivity index (χ0n) is 11.7. The van der Waals surface area contributed by atoms with E-state index in [-0.39, 0.29) is 23.3 Å². The summed E-state index contributed by atoms with van der Waals surface area (Å²) in [5.74, 6) is 0.310. The molecule has 0 fully saturated rings. The lowest BCUT2D eigenvalue weighted by Crippen LogP contribution is -2.25. The minimum Gasteiger partial charge on any atom is -0.339 e. The monoisotopic (exact) mass is 299 g/mol. The predicted molar refractivity (Wildman–Crippen MR) is 71.4 cm³/mol. The standard InChI is InChI=1S/C14H16F3N3O/c1-3-11(18)8(2)13-19-12(20-21-13)9-5-4-6-10(7-9)14(15,16)17/h4-8,11H,3,18H2,1-2H3. The van der Waals surface area contributed by atoms with Gasteiger partial charge in [0.25, 0.3) is 0 Å². The van der Waals surface area contributed by atoms with Crippen LogP contribution in [0.5, 0.6) is 0 Å². The van der Waals surface area contributed by atoms with Gasteiger partial charge in [0.05, 0.1) is 11.5 Å². The van der Waals surface area contributed by atoms with E-state index in [0.29, 0.717) is 5.89 Å². The van der Waals surface area contributed by atoms with E-state index in [2.05, 4.69) is 10.1 Å². The van der Waals surface area contributed by atoms with E-state index < -0.39 is 11.7 Å². The number of nitrogens with zero attached hydrogens (tertiary/aromatic N) is 2. The molecule has 2 rings (SSSR count). The third kappa shape index (κ3) is 3.41. The SMILES string of the molecule is CCC(N)C(C)c1nc(-c2cccc(C(F)(F)F)c2)no1. The molecule has 7 heteroatoms. The summed E-state index contributed by atoms with van der Waals surface area (Å²) in [6.07, 6.45) is -3.66. The van der Waals surface area contributed by atoms with Crippen LogP contribution in [0.25, 0.3) is 11.4 Å². The van der Waals surface area contributed by atoms with Gasteiger partial charge in [-0.2, -0.15) is 18.2 Å². The number of alkyl halides is 3. The quantitative estimate of drug-likeness (QED) is 0.937. The van der Waals surface area contributed by atoms with Crippen molar-refractivity contribution in [1.82, 2.24) is 10.1 Å². The van der Waals surface area contributed by atoms with Crippen LogP contribution in [0, 0.1) is 0 Å². The minimum atomic E-state index is -4.40. The number of hydrogen-bond acceptors (Lipinski definition) is 4. The fraction of sp³-hybridized carbons (Fsp3) is 0.429. The molecular formula is C14H16F3N3O. The normalized spacial score (nSPS) is 15.0. The van der Waals surface area contributed by atoms with E-state index in [0.717, 1.165) is 18.6 Å². The molecule has 0 saturated heterocycles. The molecule has 0 aliphatic heterocycles. The summed E-state index contributed by atoms with van der Waals surface area (Å²) in [6.45, 7) is 3.78. The molecule has 0 aliphatic carbocycles. The molecule has 114 valence electrons. The van der Waals surface area contributed by atoms with Gasteiger partial charge in [0.1, 0.15) is 0 Å². The molecule has 2 atom stereocenters. The van der Waals surface area contributed by atoms with Crippen LogP contribution >= 0.6 is 0 Å². The fourth-order valence-electron chi connectivity index (χ4n) is 1.91. The number of benzene rings is 1. The van der Waals surface area contributed by atoms with Crippen molar-refractivity contribution < 1.29 is 17.7 Å². The van der Waals surface area contributed by atoms with Crippen LogP contribution in [0.2, 0.25) is 0 Å². The summed E-state index contributed by atoms with van der Waals surface area (Å²) in [6, 6.07) is 4.68. The molecule has 0 radical (unpaired) electrons. The Morgan fingerprint density at radius 2 is 2.05 bits per heavy atom. The smallest absolute Gasteiger partial charge is 0.339 e. The topological polar surface area (TPSA) is 64.9 Å². The molecule has 0 spiro atoms. The largest absolute Gasteiger partial charge is 0.416 e. The molecule has 2 aromatic rings. The van der Waals surface area contributed by atoms with Gasteiger partial charge in [-0.05, 0) is 18.6 Å². The van der Waals surface area contributed by atoms with Crippen molar-refractivity contribution in [1.29, 1.82) is 0 Å². The highest BCUT2D eigenvalue weighted by molar-refractivity contribution is 5.55. The van der Waals surface area contributed by atoms with Crippen molar-refractivity contribution in [2.24, 2.45) is 5.73 Å². The Labute approximate surface area is 120 Å². The highest BCUT2D eigenvalue weighted by Crippen LogP contribution is 2.31. The van der Waals surface area contributed by atoms with Crippen LogP contribution in [0.3, 0.4) is 0 Å². The Hall–Kier alpha value is -1.89. The van der Waals surface area contributed by atoms with Crippen LogP contribution in [0.15, 0.2) is 28.8 Å². The first-order valence-corrected chi connectivity index (χ1v) is 6.59. The maximum Gasteiger partial charge on any atom is 0.416 e. The maximum atomic E-state index is 12.7. The van der Waals surface area contributed by atoms with E-state index >= 15 is 0 Å². The first-order valence-electron chi connectivity index (χ1n) is 6.59. The first kappa shape index (κ1) is 15.5. The van der Waals surface area contributed by atoms with E-state index in [1.54, 1.807) is 0 Å². The second-order valence-corrected chi connectivity index (χ2v) is 4.90. The van der Waals surface area contributed by atoms with Crippen LogP contribution < -0.4 is 5.73 Å². The first-order chi connectivity index (χ1) is 9.82. The van der Waals surface area contributed by atoms with Crippen molar-refractivity contribution >= 4 is 0 Å². The Kier molecular flexibility index (Phi) is 4.32. The van der Waals surface area contributed by atoms with Crippen LogP contribution in [-0.4, -0.2) is 16.2 Å². The van der Waals surface area contributed by atoms with Gasteiger partial charge in [0.15, 0.2) is 0 Å². The highest BCUT2D eigenvalue weighted by Gasteiger charge is 2.31. The molecule has 4 nitrogen and oxygen atoms in total. The number of hydrogen-bond donors (Lipinski definition) is 1. The molecule has 2 unspecified atom stereocenters. The van der Waals surface area contributed by atoms with Gasteiger partial charge in [0, 0.05) is 11.6 Å². The molecule has 21 heavy (non-hydrogen) atoms. The van der Waals surface area contributed by atoms with E-state index in [9.17, 15) is 13.2 Å². The summed E-state index contributed by atoms with van der Waals surface area (Å²) in [5, 5.41) is 3.74. The summed E-state index contributed by atoms with van der Waals surface area (Å²) in [5.41, 5.74) is 5.42. The van der Waals surface area contributed by atoms with Crippen molar-refractivity contribution in [2.75, 3.05) is 0 Å². The molecule has 2 N–H and O–H groups in total. The van der Waals surface area contributed by atoms with Gasteiger partial charge in [0.2, 0.25) is 11.7 Å². The average Bonchev–Trinajstić information content (AvgIpc) is 2.94. The summed E-state index contributed by atoms with van der Waals surface area (Å²) < 4.78 is 43.2. The molecule has 1 aromatic heterocycles. The summed E-state index contributed by atoms with van der Waals surface area (Å²) in [7, 11) is 0. The van der Waals surface area contributed by atoms with Gasteiger partial charge in [-0.25, -0.2) is 0 Å². The molecule has 0 bridgehead atoms. The molecule has 1 aromatic carbocycles. The van der Waals surface area contributed by atoms with Crippen LogP contribution in [-0.2, 0) is 6.18 Å². The lowest BCUT2D eigenvalue weighted by atomic mass is 10.0. The fourth-order valence-corrected chi connectivity index (χ4v) is 1.91. The predicted octanol–water partition coefficient (Wildman–Crippen LogP) is 3.60. The summed E-state index contributed by atoms with van der Waals surface area (Å²) >= 11 is 0. The number of halogens is 3. The van der Waals surface area contributed by atoms with Gasteiger partial charge in [-0.3, -0.25) is 0 Å². The van der Waals surface area contributed by atoms with Gasteiger partial charge in [-0.1, -0.05) is 31.1 Å². The van der Waals surface area contributed by atoms with E-state index in [1.807, 2.05) is 13.8 Å². The number of rotatable bonds is 4. The third-order valence-corrected chi connectivity index (χ3v) is 3.39. The number of aromatic nitrogens is 2. The molecule has 0 aliphatic rings. The number of nitrogens with two attached hydrogens (primary N) is 1. The average molecular weight is 299 g/mol. The summed E-state index contributed by atoms with van der Waals surface area (Å²) in [4.78, 5) is 4.15.